The molecule has 0 aromatic carbocycles. The molecule has 2 aromatic rings. The highest BCUT2D eigenvalue weighted by molar-refractivity contribution is 5.76. The van der Waals surface area contributed by atoms with Crippen LogP contribution < -0.4 is 0 Å². The molecule has 0 spiro atoms. The molecule has 0 unspecified atom stereocenters. The number of amides is 1. The summed E-state index contributed by atoms with van der Waals surface area (Å²) in [6, 6.07) is 0.266. The Hall–Kier alpha value is -2.18. The normalized spacial score (nSPS) is 18.3. The monoisotopic (exact) mass is 316 g/mol. The number of aryl methyl sites for hydroxylation is 2. The molecule has 0 saturated carbocycles. The van der Waals surface area contributed by atoms with Gasteiger partial charge in [0, 0.05) is 25.7 Å². The summed E-state index contributed by atoms with van der Waals surface area (Å²) >= 11 is 0. The second-order valence-corrected chi connectivity index (χ2v) is 6.24. The van der Waals surface area contributed by atoms with Crippen molar-refractivity contribution >= 4 is 5.91 Å². The van der Waals surface area contributed by atoms with Gasteiger partial charge < -0.3 is 4.90 Å². The fourth-order valence-electron chi connectivity index (χ4n) is 3.19. The Kier molecular flexibility index (Phi) is 5.05. The van der Waals surface area contributed by atoms with Crippen LogP contribution in [0.3, 0.4) is 0 Å². The summed E-state index contributed by atoms with van der Waals surface area (Å²) in [7, 11) is 0. The van der Waals surface area contributed by atoms with E-state index >= 15 is 0 Å². The first kappa shape index (κ1) is 15.7. The Labute approximate surface area is 136 Å². The second kappa shape index (κ2) is 7.39. The van der Waals surface area contributed by atoms with E-state index in [-0.39, 0.29) is 11.9 Å². The van der Waals surface area contributed by atoms with Gasteiger partial charge in [-0.05, 0) is 38.2 Å². The maximum absolute atomic E-state index is 12.6. The predicted molar refractivity (Wildman–Crippen MR) is 85.6 cm³/mol. The molecular formula is C16H24N6O. The smallest absolute Gasteiger partial charge is 0.222 e. The Balaban J connectivity index is 1.53. The van der Waals surface area contributed by atoms with Gasteiger partial charge >= 0.3 is 0 Å². The van der Waals surface area contributed by atoms with Crippen molar-refractivity contribution in [2.45, 2.75) is 58.2 Å². The van der Waals surface area contributed by atoms with Gasteiger partial charge in [0.2, 0.25) is 5.91 Å². The van der Waals surface area contributed by atoms with E-state index in [2.05, 4.69) is 20.1 Å². The summed E-state index contributed by atoms with van der Waals surface area (Å²) in [6.45, 7) is 4.44. The molecular weight excluding hydrogens is 292 g/mol. The van der Waals surface area contributed by atoms with Gasteiger partial charge in [-0.1, -0.05) is 0 Å². The van der Waals surface area contributed by atoms with E-state index in [1.165, 1.54) is 12.7 Å². The number of nitrogens with zero attached hydrogens (tertiary/aromatic N) is 6. The molecule has 7 heteroatoms. The minimum Gasteiger partial charge on any atom is -0.338 e. The molecule has 3 heterocycles. The first-order valence-electron chi connectivity index (χ1n) is 8.33. The lowest BCUT2D eigenvalue weighted by Gasteiger charge is -2.36. The topological polar surface area (TPSA) is 68.8 Å². The molecule has 0 bridgehead atoms. The van der Waals surface area contributed by atoms with Crippen LogP contribution in [-0.2, 0) is 17.9 Å². The number of piperidine rings is 1. The van der Waals surface area contributed by atoms with E-state index < -0.39 is 0 Å². The van der Waals surface area contributed by atoms with Gasteiger partial charge in [0.05, 0.1) is 18.8 Å². The quantitative estimate of drug-likeness (QED) is 0.812. The lowest BCUT2D eigenvalue weighted by atomic mass is 10.0. The molecule has 124 valence electrons. The predicted octanol–water partition coefficient (Wildman–Crippen LogP) is 1.64. The molecule has 7 nitrogen and oxygen atoms in total. The zero-order valence-corrected chi connectivity index (χ0v) is 13.6. The SMILES string of the molecule is Cc1cnn(C[C@H]2CCCCN2C(=O)CCCn2cncn2)c1. The van der Waals surface area contributed by atoms with Crippen LogP contribution in [0.5, 0.6) is 0 Å². The molecule has 1 amide bonds. The standard InChI is InChI=1S/C16H24N6O/c1-14-9-18-21(10-14)11-15-5-2-3-8-22(15)16(23)6-4-7-20-13-17-12-19-20/h9-10,12-13,15H,2-8,11H2,1H3/t15-/m1/s1. The Bertz CT molecular complexity index is 620. The Morgan fingerprint density at radius 3 is 2.96 bits per heavy atom. The highest BCUT2D eigenvalue weighted by Crippen LogP contribution is 2.20. The highest BCUT2D eigenvalue weighted by atomic mass is 16.2. The molecule has 3 rings (SSSR count). The zero-order chi connectivity index (χ0) is 16.1. The van der Waals surface area contributed by atoms with Crippen molar-refractivity contribution in [3.8, 4) is 0 Å². The van der Waals surface area contributed by atoms with Gasteiger partial charge in [-0.15, -0.1) is 0 Å². The third-order valence-electron chi connectivity index (χ3n) is 4.35. The third-order valence-corrected chi connectivity index (χ3v) is 4.35. The van der Waals surface area contributed by atoms with Crippen LogP contribution in [0, 0.1) is 6.92 Å². The van der Waals surface area contributed by atoms with Crippen LogP contribution in [0.15, 0.2) is 25.0 Å². The van der Waals surface area contributed by atoms with Gasteiger partial charge in [-0.25, -0.2) is 4.98 Å². The summed E-state index contributed by atoms with van der Waals surface area (Å²) in [5, 5.41) is 8.43. The van der Waals surface area contributed by atoms with Crippen molar-refractivity contribution in [1.82, 2.24) is 29.4 Å². The van der Waals surface area contributed by atoms with E-state index in [1.807, 2.05) is 24.0 Å². The summed E-state index contributed by atoms with van der Waals surface area (Å²) in [5.41, 5.74) is 1.16. The zero-order valence-electron chi connectivity index (χ0n) is 13.6. The van der Waals surface area contributed by atoms with Crippen molar-refractivity contribution in [2.75, 3.05) is 6.54 Å². The average Bonchev–Trinajstić information content (AvgIpc) is 3.20. The van der Waals surface area contributed by atoms with Crippen molar-refractivity contribution in [1.29, 1.82) is 0 Å². The van der Waals surface area contributed by atoms with Gasteiger partial charge in [0.15, 0.2) is 0 Å². The minimum atomic E-state index is 0.249. The van der Waals surface area contributed by atoms with E-state index in [0.717, 1.165) is 44.5 Å². The van der Waals surface area contributed by atoms with Crippen LogP contribution in [0.2, 0.25) is 0 Å². The highest BCUT2D eigenvalue weighted by Gasteiger charge is 2.26. The summed E-state index contributed by atoms with van der Waals surface area (Å²) in [4.78, 5) is 18.6. The lowest BCUT2D eigenvalue weighted by molar-refractivity contribution is -0.135. The molecule has 1 aliphatic rings. The maximum atomic E-state index is 12.6. The molecule has 0 N–H and O–H groups in total. The van der Waals surface area contributed by atoms with Gasteiger partial charge in [0.1, 0.15) is 12.7 Å². The number of aromatic nitrogens is 5. The van der Waals surface area contributed by atoms with Crippen LogP contribution in [0.25, 0.3) is 0 Å². The first-order valence-corrected chi connectivity index (χ1v) is 8.33. The number of rotatable bonds is 6. The first-order chi connectivity index (χ1) is 11.2. The Morgan fingerprint density at radius 2 is 2.22 bits per heavy atom. The van der Waals surface area contributed by atoms with Crippen molar-refractivity contribution in [3.63, 3.8) is 0 Å². The second-order valence-electron chi connectivity index (χ2n) is 6.24. The summed E-state index contributed by atoms with van der Waals surface area (Å²) < 4.78 is 3.73. The van der Waals surface area contributed by atoms with Crippen LogP contribution in [-0.4, -0.2) is 47.9 Å². The van der Waals surface area contributed by atoms with Gasteiger partial charge in [-0.3, -0.25) is 14.2 Å². The number of hydrogen-bond donors (Lipinski definition) is 0. The molecule has 1 aliphatic heterocycles. The molecule has 1 atom stereocenters. The fraction of sp³-hybridized carbons (Fsp3) is 0.625. The van der Waals surface area contributed by atoms with Crippen LogP contribution >= 0.6 is 0 Å². The molecule has 2 aromatic heterocycles. The van der Waals surface area contributed by atoms with Gasteiger partial charge in [-0.2, -0.15) is 10.2 Å². The molecule has 1 fully saturated rings. The number of carbonyl (C=O) groups is 1. The van der Waals surface area contributed by atoms with Gasteiger partial charge in [0.25, 0.3) is 0 Å². The van der Waals surface area contributed by atoms with Crippen molar-refractivity contribution < 1.29 is 4.79 Å². The molecule has 1 saturated heterocycles. The molecule has 0 aliphatic carbocycles. The summed E-state index contributed by atoms with van der Waals surface area (Å²) in [5.74, 6) is 0.249. The third kappa shape index (κ3) is 4.18. The summed E-state index contributed by atoms with van der Waals surface area (Å²) in [6.07, 6.45) is 11.8. The van der Waals surface area contributed by atoms with E-state index in [4.69, 9.17) is 0 Å². The number of carbonyl (C=O) groups excluding carboxylic acids is 1. The Morgan fingerprint density at radius 1 is 1.30 bits per heavy atom. The van der Waals surface area contributed by atoms with Crippen molar-refractivity contribution in [2.24, 2.45) is 0 Å². The van der Waals surface area contributed by atoms with Crippen LogP contribution in [0.1, 0.15) is 37.7 Å². The minimum absolute atomic E-state index is 0.249. The van der Waals surface area contributed by atoms with E-state index in [9.17, 15) is 4.79 Å². The van der Waals surface area contributed by atoms with E-state index in [0.29, 0.717) is 6.42 Å². The maximum Gasteiger partial charge on any atom is 0.222 e. The van der Waals surface area contributed by atoms with Crippen molar-refractivity contribution in [3.05, 3.63) is 30.6 Å². The average molecular weight is 316 g/mol. The largest absolute Gasteiger partial charge is 0.338 e. The number of likely N-dealkylation sites (tertiary alicyclic amines) is 1. The number of hydrogen-bond acceptors (Lipinski definition) is 4. The molecule has 23 heavy (non-hydrogen) atoms. The van der Waals surface area contributed by atoms with E-state index in [1.54, 1.807) is 11.0 Å². The molecule has 0 radical (unpaired) electrons. The lowest BCUT2D eigenvalue weighted by Crippen LogP contribution is -2.45. The van der Waals surface area contributed by atoms with Crippen LogP contribution in [0.4, 0.5) is 0 Å². The fourth-order valence-corrected chi connectivity index (χ4v) is 3.19.